The Balaban J connectivity index is 1.52. The van der Waals surface area contributed by atoms with Gasteiger partial charge in [-0.2, -0.15) is 0 Å². The molecule has 1 fully saturated rings. The second-order valence-corrected chi connectivity index (χ2v) is 8.32. The van der Waals surface area contributed by atoms with E-state index in [0.29, 0.717) is 34.9 Å². The van der Waals surface area contributed by atoms with Crippen molar-refractivity contribution in [3.8, 4) is 11.5 Å². The second kappa shape index (κ2) is 11.5. The van der Waals surface area contributed by atoms with E-state index in [4.69, 9.17) is 26.4 Å². The van der Waals surface area contributed by atoms with Crippen LogP contribution in [0, 0.1) is 0 Å². The molecule has 3 aromatic carbocycles. The minimum absolute atomic E-state index is 0.00361. The van der Waals surface area contributed by atoms with Gasteiger partial charge in [-0.3, -0.25) is 19.8 Å². The first-order valence-electron chi connectivity index (χ1n) is 11.4. The molecular formula is C28H24N2O6S. The highest BCUT2D eigenvalue weighted by Crippen LogP contribution is 2.26. The number of rotatable bonds is 8. The third-order valence-corrected chi connectivity index (χ3v) is 5.72. The minimum Gasteiger partial charge on any atom is -0.494 e. The van der Waals surface area contributed by atoms with Gasteiger partial charge in [-0.1, -0.05) is 30.3 Å². The van der Waals surface area contributed by atoms with Crippen LogP contribution in [0.15, 0.2) is 78.4 Å². The van der Waals surface area contributed by atoms with Gasteiger partial charge >= 0.3 is 5.97 Å². The molecule has 1 aliphatic heterocycles. The average molecular weight is 517 g/mol. The van der Waals surface area contributed by atoms with E-state index < -0.39 is 17.8 Å². The highest BCUT2D eigenvalue weighted by Gasteiger charge is 2.34. The summed E-state index contributed by atoms with van der Waals surface area (Å²) >= 11 is 5.28. The van der Waals surface area contributed by atoms with Gasteiger partial charge in [0.25, 0.3) is 11.8 Å². The van der Waals surface area contributed by atoms with Crippen LogP contribution in [0.25, 0.3) is 6.08 Å². The Bertz CT molecular complexity index is 1380. The summed E-state index contributed by atoms with van der Waals surface area (Å²) in [6.07, 6.45) is 1.50. The molecule has 37 heavy (non-hydrogen) atoms. The molecule has 188 valence electrons. The molecule has 0 aromatic heterocycles. The molecule has 2 amide bonds. The molecule has 0 aliphatic carbocycles. The summed E-state index contributed by atoms with van der Waals surface area (Å²) in [4.78, 5) is 38.8. The number of nitrogens with one attached hydrogen (secondary N) is 1. The van der Waals surface area contributed by atoms with Crippen molar-refractivity contribution in [2.75, 3.05) is 18.6 Å². The molecule has 1 N–H and O–H groups in total. The van der Waals surface area contributed by atoms with Crippen molar-refractivity contribution >= 4 is 46.9 Å². The molecule has 4 rings (SSSR count). The number of nitrogens with zero attached hydrogens (tertiary/aromatic N) is 1. The molecule has 0 radical (unpaired) electrons. The summed E-state index contributed by atoms with van der Waals surface area (Å²) < 4.78 is 16.1. The van der Waals surface area contributed by atoms with Crippen molar-refractivity contribution in [3.05, 3.63) is 95.1 Å². The third kappa shape index (κ3) is 6.02. The SMILES string of the molecule is CCOc1cccc(N2C(=O)C(=Cc3cccc(OCc4ccc(C(=O)OC)cc4)c3)C(=O)NC2=S)c1. The monoisotopic (exact) mass is 516 g/mol. The molecule has 0 unspecified atom stereocenters. The quantitative estimate of drug-likeness (QED) is 0.207. The smallest absolute Gasteiger partial charge is 0.337 e. The van der Waals surface area contributed by atoms with Crippen LogP contribution < -0.4 is 19.7 Å². The Morgan fingerprint density at radius 3 is 2.38 bits per heavy atom. The van der Waals surface area contributed by atoms with Gasteiger partial charge < -0.3 is 14.2 Å². The summed E-state index contributed by atoms with van der Waals surface area (Å²) in [6, 6.07) is 20.8. The summed E-state index contributed by atoms with van der Waals surface area (Å²) in [6.45, 7) is 2.60. The van der Waals surface area contributed by atoms with Gasteiger partial charge in [-0.25, -0.2) is 4.79 Å². The van der Waals surface area contributed by atoms with E-state index in [0.717, 1.165) is 5.56 Å². The number of anilines is 1. The summed E-state index contributed by atoms with van der Waals surface area (Å²) in [7, 11) is 1.33. The van der Waals surface area contributed by atoms with Crippen LogP contribution in [-0.2, 0) is 20.9 Å². The lowest BCUT2D eigenvalue weighted by Crippen LogP contribution is -2.54. The molecular weight excluding hydrogens is 492 g/mol. The summed E-state index contributed by atoms with van der Waals surface area (Å²) in [5.41, 5.74) is 2.34. The van der Waals surface area contributed by atoms with Crippen LogP contribution in [0.5, 0.6) is 11.5 Å². The largest absolute Gasteiger partial charge is 0.494 e. The van der Waals surface area contributed by atoms with Crippen molar-refractivity contribution in [1.29, 1.82) is 0 Å². The minimum atomic E-state index is -0.579. The molecule has 1 heterocycles. The van der Waals surface area contributed by atoms with E-state index in [2.05, 4.69) is 5.32 Å². The number of thiocarbonyl (C=S) groups is 1. The average Bonchev–Trinajstić information content (AvgIpc) is 2.90. The van der Waals surface area contributed by atoms with Crippen LogP contribution >= 0.6 is 12.2 Å². The first-order valence-corrected chi connectivity index (χ1v) is 11.8. The predicted molar refractivity (Wildman–Crippen MR) is 142 cm³/mol. The Hall–Kier alpha value is -4.50. The number of benzene rings is 3. The zero-order valence-electron chi connectivity index (χ0n) is 20.2. The van der Waals surface area contributed by atoms with Crippen molar-refractivity contribution < 1.29 is 28.6 Å². The highest BCUT2D eigenvalue weighted by molar-refractivity contribution is 7.80. The molecule has 1 aliphatic rings. The fraction of sp³-hybridized carbons (Fsp3) is 0.143. The number of carbonyl (C=O) groups is 3. The zero-order valence-corrected chi connectivity index (χ0v) is 21.0. The number of ether oxygens (including phenoxy) is 3. The van der Waals surface area contributed by atoms with Gasteiger partial charge in [0.15, 0.2) is 5.11 Å². The molecule has 9 heteroatoms. The first-order chi connectivity index (χ1) is 17.9. The van der Waals surface area contributed by atoms with E-state index >= 15 is 0 Å². The Morgan fingerprint density at radius 1 is 0.973 bits per heavy atom. The van der Waals surface area contributed by atoms with Crippen molar-refractivity contribution in [2.24, 2.45) is 0 Å². The molecule has 0 atom stereocenters. The number of amides is 2. The molecule has 0 bridgehead atoms. The summed E-state index contributed by atoms with van der Waals surface area (Å²) in [5.74, 6) is -0.394. The van der Waals surface area contributed by atoms with Gasteiger partial charge in [-0.05, 0) is 72.7 Å². The van der Waals surface area contributed by atoms with E-state index in [1.807, 2.05) is 6.92 Å². The molecule has 8 nitrogen and oxygen atoms in total. The van der Waals surface area contributed by atoms with E-state index in [-0.39, 0.29) is 17.3 Å². The third-order valence-electron chi connectivity index (χ3n) is 5.44. The lowest BCUT2D eigenvalue weighted by Gasteiger charge is -2.29. The van der Waals surface area contributed by atoms with Crippen LogP contribution in [0.3, 0.4) is 0 Å². The maximum atomic E-state index is 13.3. The number of carbonyl (C=O) groups excluding carboxylic acids is 3. The Labute approximate surface area is 219 Å². The standard InChI is InChI=1S/C28H24N2O6S/c1-3-35-23-9-5-7-21(16-23)30-26(32)24(25(31)29-28(30)37)15-19-6-4-8-22(14-19)36-17-18-10-12-20(13-11-18)27(33)34-2/h4-16H,3,17H2,1-2H3,(H,29,31,37). The van der Waals surface area contributed by atoms with E-state index in [1.165, 1.54) is 18.1 Å². The van der Waals surface area contributed by atoms with Crippen LogP contribution in [0.4, 0.5) is 5.69 Å². The maximum Gasteiger partial charge on any atom is 0.337 e. The van der Waals surface area contributed by atoms with Crippen molar-refractivity contribution in [1.82, 2.24) is 5.32 Å². The fourth-order valence-corrected chi connectivity index (χ4v) is 3.93. The van der Waals surface area contributed by atoms with E-state index in [9.17, 15) is 14.4 Å². The number of esters is 1. The number of hydrogen-bond donors (Lipinski definition) is 1. The normalized spacial score (nSPS) is 14.4. The molecule has 0 spiro atoms. The Morgan fingerprint density at radius 2 is 1.68 bits per heavy atom. The van der Waals surface area contributed by atoms with Gasteiger partial charge in [0.2, 0.25) is 0 Å². The lowest BCUT2D eigenvalue weighted by molar-refractivity contribution is -0.122. The highest BCUT2D eigenvalue weighted by atomic mass is 32.1. The molecule has 3 aromatic rings. The fourth-order valence-electron chi connectivity index (χ4n) is 3.65. The van der Waals surface area contributed by atoms with Gasteiger partial charge in [0, 0.05) is 6.07 Å². The summed E-state index contributed by atoms with van der Waals surface area (Å²) in [5, 5.41) is 2.58. The Kier molecular flexibility index (Phi) is 7.95. The first kappa shape index (κ1) is 25.6. The zero-order chi connectivity index (χ0) is 26.4. The molecule has 0 saturated carbocycles. The van der Waals surface area contributed by atoms with E-state index in [1.54, 1.807) is 72.8 Å². The van der Waals surface area contributed by atoms with Gasteiger partial charge in [-0.15, -0.1) is 0 Å². The van der Waals surface area contributed by atoms with Crippen LogP contribution in [0.1, 0.15) is 28.4 Å². The topological polar surface area (TPSA) is 94.2 Å². The van der Waals surface area contributed by atoms with Crippen LogP contribution in [-0.4, -0.2) is 36.6 Å². The van der Waals surface area contributed by atoms with Crippen molar-refractivity contribution in [2.45, 2.75) is 13.5 Å². The molecule has 1 saturated heterocycles. The van der Waals surface area contributed by atoms with Crippen LogP contribution in [0.2, 0.25) is 0 Å². The maximum absolute atomic E-state index is 13.3. The van der Waals surface area contributed by atoms with Gasteiger partial charge in [0.05, 0.1) is 25.0 Å². The number of hydrogen-bond acceptors (Lipinski definition) is 7. The second-order valence-electron chi connectivity index (χ2n) is 7.94. The lowest BCUT2D eigenvalue weighted by atomic mass is 10.1. The number of methoxy groups -OCH3 is 1. The van der Waals surface area contributed by atoms with Gasteiger partial charge in [0.1, 0.15) is 23.7 Å². The van der Waals surface area contributed by atoms with Crippen molar-refractivity contribution in [3.63, 3.8) is 0 Å². The predicted octanol–water partition coefficient (Wildman–Crippen LogP) is 4.28.